The largest absolute Gasteiger partial charge is 0.508 e. The molecule has 3 N–H and O–H groups in total. The molecule has 112 valence electrons. The number of hydrogen-bond acceptors (Lipinski definition) is 3. The predicted molar refractivity (Wildman–Crippen MR) is 81.7 cm³/mol. The van der Waals surface area contributed by atoms with Crippen LogP contribution >= 0.6 is 0 Å². The number of aliphatic hydroxyl groups excluding tert-OH is 1. The summed E-state index contributed by atoms with van der Waals surface area (Å²) in [7, 11) is 0. The summed E-state index contributed by atoms with van der Waals surface area (Å²) < 4.78 is 0. The monoisotopic (exact) mass is 277 g/mol. The van der Waals surface area contributed by atoms with E-state index in [-0.39, 0.29) is 12.0 Å². The van der Waals surface area contributed by atoms with Crippen LogP contribution in [0.5, 0.6) is 5.75 Å². The Kier molecular flexibility index (Phi) is 5.44. The third-order valence-corrected chi connectivity index (χ3v) is 4.68. The SMILES string of the molecule is CCC(NCC1(CO)CCCCC1)c1ccc(O)cc1. The van der Waals surface area contributed by atoms with Crippen LogP contribution in [-0.4, -0.2) is 23.4 Å². The van der Waals surface area contributed by atoms with E-state index in [1.807, 2.05) is 12.1 Å². The Bertz CT molecular complexity index is 396. The summed E-state index contributed by atoms with van der Waals surface area (Å²) in [5.41, 5.74) is 1.27. The minimum atomic E-state index is 0.0720. The summed E-state index contributed by atoms with van der Waals surface area (Å²) in [5, 5.41) is 22.8. The van der Waals surface area contributed by atoms with Crippen LogP contribution in [0.15, 0.2) is 24.3 Å². The summed E-state index contributed by atoms with van der Waals surface area (Å²) in [5.74, 6) is 0.308. The Morgan fingerprint density at radius 2 is 1.80 bits per heavy atom. The molecule has 1 fully saturated rings. The van der Waals surface area contributed by atoms with Crippen molar-refractivity contribution >= 4 is 0 Å². The topological polar surface area (TPSA) is 52.5 Å². The first-order valence-electron chi connectivity index (χ1n) is 7.82. The number of phenols is 1. The molecule has 1 aliphatic rings. The summed E-state index contributed by atoms with van der Waals surface area (Å²) >= 11 is 0. The minimum absolute atomic E-state index is 0.0720. The van der Waals surface area contributed by atoms with Gasteiger partial charge in [0.2, 0.25) is 0 Å². The number of phenolic OH excluding ortho intramolecular Hbond substituents is 1. The van der Waals surface area contributed by atoms with E-state index in [0.29, 0.717) is 11.8 Å². The summed E-state index contributed by atoms with van der Waals surface area (Å²) in [6.45, 7) is 3.33. The van der Waals surface area contributed by atoms with E-state index in [4.69, 9.17) is 0 Å². The van der Waals surface area contributed by atoms with Crippen LogP contribution in [0, 0.1) is 5.41 Å². The van der Waals surface area contributed by atoms with E-state index in [1.54, 1.807) is 12.1 Å². The highest BCUT2D eigenvalue weighted by Gasteiger charge is 2.31. The van der Waals surface area contributed by atoms with E-state index in [0.717, 1.165) is 25.8 Å². The van der Waals surface area contributed by atoms with Gasteiger partial charge in [-0.1, -0.05) is 38.3 Å². The fraction of sp³-hybridized carbons (Fsp3) is 0.647. The molecule has 3 heteroatoms. The Balaban J connectivity index is 1.97. The molecule has 3 nitrogen and oxygen atoms in total. The molecule has 0 aliphatic heterocycles. The van der Waals surface area contributed by atoms with E-state index >= 15 is 0 Å². The van der Waals surface area contributed by atoms with Crippen molar-refractivity contribution in [3.8, 4) is 5.75 Å². The van der Waals surface area contributed by atoms with Crippen molar-refractivity contribution in [3.63, 3.8) is 0 Å². The molecule has 1 aromatic rings. The molecular weight excluding hydrogens is 250 g/mol. The van der Waals surface area contributed by atoms with Gasteiger partial charge < -0.3 is 15.5 Å². The van der Waals surface area contributed by atoms with Gasteiger partial charge in [0.05, 0.1) is 0 Å². The van der Waals surface area contributed by atoms with Gasteiger partial charge in [0, 0.05) is 24.6 Å². The maximum Gasteiger partial charge on any atom is 0.115 e. The number of nitrogens with one attached hydrogen (secondary N) is 1. The molecular formula is C17H27NO2. The molecule has 0 aromatic heterocycles. The lowest BCUT2D eigenvalue weighted by molar-refractivity contribution is 0.0781. The van der Waals surface area contributed by atoms with Crippen LogP contribution in [0.4, 0.5) is 0 Å². The molecule has 1 unspecified atom stereocenters. The van der Waals surface area contributed by atoms with Crippen molar-refractivity contribution < 1.29 is 10.2 Å². The fourth-order valence-electron chi connectivity index (χ4n) is 3.24. The first-order valence-corrected chi connectivity index (χ1v) is 7.82. The molecule has 1 atom stereocenters. The first kappa shape index (κ1) is 15.3. The molecule has 0 saturated heterocycles. The van der Waals surface area contributed by atoms with Crippen molar-refractivity contribution in [3.05, 3.63) is 29.8 Å². The van der Waals surface area contributed by atoms with Crippen LogP contribution in [-0.2, 0) is 0 Å². The van der Waals surface area contributed by atoms with E-state index in [2.05, 4.69) is 12.2 Å². The Hall–Kier alpha value is -1.06. The van der Waals surface area contributed by atoms with Gasteiger partial charge in [0.1, 0.15) is 5.75 Å². The van der Waals surface area contributed by atoms with Crippen LogP contribution < -0.4 is 5.32 Å². The van der Waals surface area contributed by atoms with E-state index in [1.165, 1.54) is 24.8 Å². The second-order valence-corrected chi connectivity index (χ2v) is 6.15. The molecule has 0 bridgehead atoms. The molecule has 1 aliphatic carbocycles. The van der Waals surface area contributed by atoms with Gasteiger partial charge in [-0.15, -0.1) is 0 Å². The Morgan fingerprint density at radius 3 is 2.35 bits per heavy atom. The van der Waals surface area contributed by atoms with Crippen molar-refractivity contribution in [1.82, 2.24) is 5.32 Å². The van der Waals surface area contributed by atoms with Gasteiger partial charge >= 0.3 is 0 Å². The number of rotatable bonds is 6. The number of benzene rings is 1. The average Bonchev–Trinajstić information content (AvgIpc) is 2.50. The Labute approximate surface area is 122 Å². The summed E-state index contributed by atoms with van der Waals surface area (Å²) in [6, 6.07) is 7.72. The second kappa shape index (κ2) is 7.09. The number of aliphatic hydroxyl groups is 1. The average molecular weight is 277 g/mol. The van der Waals surface area contributed by atoms with Crippen molar-refractivity contribution in [2.45, 2.75) is 51.5 Å². The molecule has 1 aromatic carbocycles. The summed E-state index contributed by atoms with van der Waals surface area (Å²) in [6.07, 6.45) is 7.03. The zero-order valence-electron chi connectivity index (χ0n) is 12.4. The molecule has 1 saturated carbocycles. The van der Waals surface area contributed by atoms with Crippen molar-refractivity contribution in [2.75, 3.05) is 13.2 Å². The lowest BCUT2D eigenvalue weighted by Gasteiger charge is -2.37. The standard InChI is InChI=1S/C17H27NO2/c1-2-16(14-6-8-15(20)9-7-14)18-12-17(13-19)10-4-3-5-11-17/h6-9,16,18-20H,2-5,10-13H2,1H3. The van der Waals surface area contributed by atoms with Crippen LogP contribution in [0.2, 0.25) is 0 Å². The molecule has 0 heterocycles. The van der Waals surface area contributed by atoms with Crippen molar-refractivity contribution in [2.24, 2.45) is 5.41 Å². The molecule has 0 radical (unpaired) electrons. The van der Waals surface area contributed by atoms with Gasteiger partial charge in [0.15, 0.2) is 0 Å². The maximum absolute atomic E-state index is 9.76. The fourth-order valence-corrected chi connectivity index (χ4v) is 3.24. The molecule has 20 heavy (non-hydrogen) atoms. The lowest BCUT2D eigenvalue weighted by atomic mass is 9.74. The molecule has 0 amide bonds. The van der Waals surface area contributed by atoms with Crippen molar-refractivity contribution in [1.29, 1.82) is 0 Å². The normalized spacial score (nSPS) is 19.7. The smallest absolute Gasteiger partial charge is 0.115 e. The molecule has 2 rings (SSSR count). The predicted octanol–water partition coefficient (Wildman–Crippen LogP) is 3.38. The van der Waals surface area contributed by atoms with Crippen LogP contribution in [0.1, 0.15) is 57.1 Å². The quantitative estimate of drug-likeness (QED) is 0.747. The zero-order valence-corrected chi connectivity index (χ0v) is 12.4. The highest BCUT2D eigenvalue weighted by Crippen LogP contribution is 2.36. The third kappa shape index (κ3) is 3.74. The van der Waals surface area contributed by atoms with Gasteiger partial charge in [-0.25, -0.2) is 0 Å². The highest BCUT2D eigenvalue weighted by atomic mass is 16.3. The maximum atomic E-state index is 9.76. The van der Waals surface area contributed by atoms with Crippen LogP contribution in [0.3, 0.4) is 0 Å². The summed E-state index contributed by atoms with van der Waals surface area (Å²) in [4.78, 5) is 0. The highest BCUT2D eigenvalue weighted by molar-refractivity contribution is 5.28. The number of aromatic hydroxyl groups is 1. The van der Waals surface area contributed by atoms with Gasteiger partial charge in [-0.3, -0.25) is 0 Å². The van der Waals surface area contributed by atoms with Crippen LogP contribution in [0.25, 0.3) is 0 Å². The third-order valence-electron chi connectivity index (χ3n) is 4.68. The lowest BCUT2D eigenvalue weighted by Crippen LogP contribution is -2.40. The van der Waals surface area contributed by atoms with Gasteiger partial charge in [0.25, 0.3) is 0 Å². The van der Waals surface area contributed by atoms with E-state index in [9.17, 15) is 10.2 Å². The minimum Gasteiger partial charge on any atom is -0.508 e. The first-order chi connectivity index (χ1) is 9.69. The van der Waals surface area contributed by atoms with Gasteiger partial charge in [-0.05, 0) is 37.0 Å². The van der Waals surface area contributed by atoms with Gasteiger partial charge in [-0.2, -0.15) is 0 Å². The Morgan fingerprint density at radius 1 is 1.15 bits per heavy atom. The van der Waals surface area contributed by atoms with E-state index < -0.39 is 0 Å². The second-order valence-electron chi connectivity index (χ2n) is 6.15. The zero-order chi connectivity index (χ0) is 14.4. The number of hydrogen-bond donors (Lipinski definition) is 3. The molecule has 0 spiro atoms.